The van der Waals surface area contributed by atoms with Crippen LogP contribution in [0.25, 0.3) is 0 Å². The summed E-state index contributed by atoms with van der Waals surface area (Å²) in [6, 6.07) is 4.15. The summed E-state index contributed by atoms with van der Waals surface area (Å²) < 4.78 is 125. The Hall–Kier alpha value is -3.24. The fraction of sp³-hybridized carbons (Fsp3) is 0.515. The molecule has 242 valence electrons. The van der Waals surface area contributed by atoms with Crippen molar-refractivity contribution in [3.05, 3.63) is 78.1 Å². The van der Waals surface area contributed by atoms with Crippen LogP contribution in [0.5, 0.6) is 17.2 Å². The fourth-order valence-electron chi connectivity index (χ4n) is 6.25. The summed E-state index contributed by atoms with van der Waals surface area (Å²) in [6.45, 7) is 2.12. The highest BCUT2D eigenvalue weighted by Crippen LogP contribution is 2.46. The summed E-state index contributed by atoms with van der Waals surface area (Å²) >= 11 is 0. The minimum absolute atomic E-state index is 0.214. The summed E-state index contributed by atoms with van der Waals surface area (Å²) in [5, 5.41) is 0. The lowest BCUT2D eigenvalue weighted by Gasteiger charge is -2.39. The van der Waals surface area contributed by atoms with Crippen molar-refractivity contribution in [3.8, 4) is 17.2 Å². The van der Waals surface area contributed by atoms with E-state index in [9.17, 15) is 26.3 Å². The normalized spacial score (nSPS) is 22.9. The molecule has 0 unspecified atom stereocenters. The Morgan fingerprint density at radius 3 is 1.89 bits per heavy atom. The third-order valence-corrected chi connectivity index (χ3v) is 8.60. The van der Waals surface area contributed by atoms with Crippen LogP contribution < -0.4 is 14.2 Å². The molecule has 11 heteroatoms. The molecule has 0 radical (unpaired) electrons. The van der Waals surface area contributed by atoms with Gasteiger partial charge in [-0.2, -0.15) is 26.3 Å². The van der Waals surface area contributed by atoms with Gasteiger partial charge in [-0.1, -0.05) is 19.1 Å². The molecule has 4 rings (SSSR count). The molecule has 0 bridgehead atoms. The first-order chi connectivity index (χ1) is 20.9. The second-order valence-corrected chi connectivity index (χ2v) is 11.6. The maximum atomic E-state index is 15.1. The van der Waals surface area contributed by atoms with Crippen LogP contribution in [0.15, 0.2) is 60.9 Å². The van der Waals surface area contributed by atoms with Gasteiger partial charge in [0.2, 0.25) is 0 Å². The third-order valence-electron chi connectivity index (χ3n) is 8.60. The topological polar surface area (TPSA) is 27.7 Å². The molecule has 0 amide bonds. The van der Waals surface area contributed by atoms with Crippen molar-refractivity contribution in [2.24, 2.45) is 23.7 Å². The lowest BCUT2D eigenvalue weighted by molar-refractivity contribution is -0.224. The van der Waals surface area contributed by atoms with E-state index in [-0.39, 0.29) is 12.0 Å². The van der Waals surface area contributed by atoms with E-state index >= 15 is 8.78 Å². The van der Waals surface area contributed by atoms with Crippen LogP contribution in [-0.2, 0) is 6.11 Å². The molecule has 2 aliphatic rings. The smallest absolute Gasteiger partial charge is 0.426 e. The summed E-state index contributed by atoms with van der Waals surface area (Å²) in [5.41, 5.74) is -0.798. The van der Waals surface area contributed by atoms with E-state index in [1.807, 2.05) is 0 Å². The monoisotopic (exact) mass is 632 g/mol. The van der Waals surface area contributed by atoms with Crippen molar-refractivity contribution in [1.82, 2.24) is 0 Å². The predicted octanol–water partition coefficient (Wildman–Crippen LogP) is 11.2. The van der Waals surface area contributed by atoms with Crippen LogP contribution in [0, 0.1) is 35.3 Å². The van der Waals surface area contributed by atoms with Crippen LogP contribution in [0.1, 0.15) is 76.7 Å². The van der Waals surface area contributed by atoms with Crippen LogP contribution in [0.3, 0.4) is 0 Å². The highest BCUT2D eigenvalue weighted by atomic mass is 19.3. The standard InChI is InChI=1S/C33H36F8O3/c1-2-3-4-5-21-6-8-22(9-7-21)23-10-12-24(13-11-23)32(38,39)43-26-16-14-25(15-17-26)33(40,41)44-27-18-28(34)31(29(35)19-27)42-20-30(36)37/h3-4,14-24H,2,5-13H2,1H3/b4-3-. The highest BCUT2D eigenvalue weighted by molar-refractivity contribution is 5.36. The van der Waals surface area contributed by atoms with Gasteiger partial charge in [0.15, 0.2) is 23.6 Å². The molecule has 3 nitrogen and oxygen atoms in total. The minimum atomic E-state index is -4.13. The number of halogens is 8. The SMILES string of the molecule is CC/C=C\CC1CCC(C2CCC(C(F)(F)Oc3ccc(C(F)(F)Oc4cc(F)c(OC=C(F)F)c(F)c4)cc3)CC2)CC1. The number of ether oxygens (including phenoxy) is 3. The van der Waals surface area contributed by atoms with E-state index in [4.69, 9.17) is 4.74 Å². The molecule has 2 saturated carbocycles. The quantitative estimate of drug-likeness (QED) is 0.132. The van der Waals surface area contributed by atoms with Gasteiger partial charge in [-0.15, -0.1) is 0 Å². The highest BCUT2D eigenvalue weighted by Gasteiger charge is 2.45. The van der Waals surface area contributed by atoms with E-state index in [0.717, 1.165) is 49.9 Å². The van der Waals surface area contributed by atoms with E-state index in [1.165, 1.54) is 12.8 Å². The van der Waals surface area contributed by atoms with E-state index < -0.39 is 52.9 Å². The number of allylic oxidation sites excluding steroid dienone is 2. The van der Waals surface area contributed by atoms with Gasteiger partial charge in [0.1, 0.15) is 11.5 Å². The minimum Gasteiger partial charge on any atom is -0.453 e. The first-order valence-corrected chi connectivity index (χ1v) is 14.9. The molecule has 0 saturated heterocycles. The Morgan fingerprint density at radius 2 is 1.34 bits per heavy atom. The zero-order valence-electron chi connectivity index (χ0n) is 24.3. The van der Waals surface area contributed by atoms with E-state index in [0.29, 0.717) is 55.6 Å². The maximum Gasteiger partial charge on any atom is 0.426 e. The first kappa shape index (κ1) is 33.6. The first-order valence-electron chi connectivity index (χ1n) is 14.9. The lowest BCUT2D eigenvalue weighted by Crippen LogP contribution is -2.38. The Bertz CT molecular complexity index is 1250. The van der Waals surface area contributed by atoms with E-state index in [1.54, 1.807) is 0 Å². The maximum absolute atomic E-state index is 15.1. The predicted molar refractivity (Wildman–Crippen MR) is 149 cm³/mol. The Kier molecular flexibility index (Phi) is 11.2. The number of hydrogen-bond acceptors (Lipinski definition) is 3. The second-order valence-electron chi connectivity index (χ2n) is 11.6. The largest absolute Gasteiger partial charge is 0.453 e. The number of hydrogen-bond donors (Lipinski definition) is 0. The Labute approximate surface area is 251 Å². The van der Waals surface area contributed by atoms with Crippen LogP contribution >= 0.6 is 0 Å². The summed E-state index contributed by atoms with van der Waals surface area (Å²) in [7, 11) is 0. The molecule has 0 atom stereocenters. The van der Waals surface area contributed by atoms with Crippen molar-refractivity contribution in [3.63, 3.8) is 0 Å². The van der Waals surface area contributed by atoms with Gasteiger partial charge in [-0.25, -0.2) is 8.78 Å². The van der Waals surface area contributed by atoms with Crippen molar-refractivity contribution in [2.45, 2.75) is 83.3 Å². The molecule has 0 aromatic heterocycles. The molecule has 2 aliphatic carbocycles. The zero-order chi connectivity index (χ0) is 31.9. The summed E-state index contributed by atoms with van der Waals surface area (Å²) in [4.78, 5) is 0. The van der Waals surface area contributed by atoms with Crippen molar-refractivity contribution in [1.29, 1.82) is 0 Å². The van der Waals surface area contributed by atoms with Gasteiger partial charge in [0, 0.05) is 12.1 Å². The lowest BCUT2D eigenvalue weighted by atomic mass is 9.68. The molecular formula is C33H36F8O3. The second kappa shape index (κ2) is 14.7. The molecule has 44 heavy (non-hydrogen) atoms. The molecule has 0 spiro atoms. The van der Waals surface area contributed by atoms with Gasteiger partial charge in [0.25, 0.3) is 0 Å². The molecular weight excluding hydrogens is 596 g/mol. The zero-order valence-corrected chi connectivity index (χ0v) is 24.3. The van der Waals surface area contributed by atoms with E-state index in [2.05, 4.69) is 28.5 Å². The molecule has 0 heterocycles. The summed E-state index contributed by atoms with van der Waals surface area (Å²) in [5.74, 6) is -4.92. The van der Waals surface area contributed by atoms with Gasteiger partial charge in [-0.05, 0) is 106 Å². The Balaban J connectivity index is 1.29. The molecule has 0 N–H and O–H groups in total. The van der Waals surface area contributed by atoms with Crippen molar-refractivity contribution < 1.29 is 49.3 Å². The molecule has 2 aromatic rings. The van der Waals surface area contributed by atoms with Crippen molar-refractivity contribution >= 4 is 0 Å². The van der Waals surface area contributed by atoms with Gasteiger partial charge < -0.3 is 14.2 Å². The molecule has 2 fully saturated rings. The number of alkyl halides is 4. The van der Waals surface area contributed by atoms with Crippen LogP contribution in [0.4, 0.5) is 35.1 Å². The van der Waals surface area contributed by atoms with Gasteiger partial charge >= 0.3 is 18.3 Å². The van der Waals surface area contributed by atoms with Crippen molar-refractivity contribution in [2.75, 3.05) is 0 Å². The third kappa shape index (κ3) is 8.91. The fourth-order valence-corrected chi connectivity index (χ4v) is 6.25. The van der Waals surface area contributed by atoms with Gasteiger partial charge in [-0.3, -0.25) is 0 Å². The van der Waals surface area contributed by atoms with Crippen LogP contribution in [0.2, 0.25) is 0 Å². The van der Waals surface area contributed by atoms with Crippen LogP contribution in [-0.4, -0.2) is 6.11 Å². The average molecular weight is 633 g/mol. The van der Waals surface area contributed by atoms with Gasteiger partial charge in [0.05, 0.1) is 11.5 Å². The summed E-state index contributed by atoms with van der Waals surface area (Å²) in [6.07, 6.45) is 3.06. The molecule has 2 aromatic carbocycles. The number of benzene rings is 2. The number of rotatable bonds is 12. The Morgan fingerprint density at radius 1 is 0.773 bits per heavy atom. The molecule has 0 aliphatic heterocycles. The average Bonchev–Trinajstić information content (AvgIpc) is 2.97.